The van der Waals surface area contributed by atoms with Crippen molar-refractivity contribution in [2.24, 2.45) is 0 Å². The average molecular weight is 224 g/mol. The van der Waals surface area contributed by atoms with Crippen molar-refractivity contribution >= 4 is 11.7 Å². The van der Waals surface area contributed by atoms with Crippen molar-refractivity contribution in [1.82, 2.24) is 15.3 Å². The molecule has 0 bridgehead atoms. The molecule has 88 valence electrons. The van der Waals surface area contributed by atoms with Crippen molar-refractivity contribution in [3.63, 3.8) is 0 Å². The Balaban J connectivity index is 2.47. The highest BCUT2D eigenvalue weighted by atomic mass is 16.5. The SMILES string of the molecule is CCNC(=O)CNc1cncc(OCC)n1. The molecule has 0 fully saturated rings. The molecule has 0 unspecified atom stereocenters. The lowest BCUT2D eigenvalue weighted by molar-refractivity contribution is -0.119. The molecule has 1 heterocycles. The minimum Gasteiger partial charge on any atom is -0.477 e. The number of carbonyl (C=O) groups excluding carboxylic acids is 1. The highest BCUT2D eigenvalue weighted by Gasteiger charge is 2.01. The summed E-state index contributed by atoms with van der Waals surface area (Å²) in [5.41, 5.74) is 0. The van der Waals surface area contributed by atoms with Gasteiger partial charge >= 0.3 is 0 Å². The van der Waals surface area contributed by atoms with Gasteiger partial charge in [0.1, 0.15) is 5.82 Å². The Morgan fingerprint density at radius 3 is 2.94 bits per heavy atom. The van der Waals surface area contributed by atoms with Gasteiger partial charge in [0.25, 0.3) is 0 Å². The van der Waals surface area contributed by atoms with Crippen LogP contribution in [0.4, 0.5) is 5.82 Å². The van der Waals surface area contributed by atoms with Gasteiger partial charge in [0, 0.05) is 6.54 Å². The van der Waals surface area contributed by atoms with Crippen LogP contribution in [-0.4, -0.2) is 35.6 Å². The molecular weight excluding hydrogens is 208 g/mol. The number of amides is 1. The lowest BCUT2D eigenvalue weighted by Crippen LogP contribution is -2.29. The maximum absolute atomic E-state index is 11.2. The minimum atomic E-state index is -0.0777. The third kappa shape index (κ3) is 4.12. The highest BCUT2D eigenvalue weighted by molar-refractivity contribution is 5.80. The normalized spacial score (nSPS) is 9.62. The molecule has 2 N–H and O–H groups in total. The highest BCUT2D eigenvalue weighted by Crippen LogP contribution is 2.08. The van der Waals surface area contributed by atoms with Crippen molar-refractivity contribution in [2.75, 3.05) is 25.0 Å². The van der Waals surface area contributed by atoms with Gasteiger partial charge in [0.15, 0.2) is 0 Å². The number of carbonyl (C=O) groups is 1. The number of likely N-dealkylation sites (N-methyl/N-ethyl adjacent to an activating group) is 1. The van der Waals surface area contributed by atoms with Crippen molar-refractivity contribution < 1.29 is 9.53 Å². The van der Waals surface area contributed by atoms with Gasteiger partial charge < -0.3 is 15.4 Å². The molecule has 1 amide bonds. The first-order valence-electron chi connectivity index (χ1n) is 5.21. The van der Waals surface area contributed by atoms with E-state index < -0.39 is 0 Å². The summed E-state index contributed by atoms with van der Waals surface area (Å²) in [5.74, 6) is 0.895. The van der Waals surface area contributed by atoms with Gasteiger partial charge in [-0.2, -0.15) is 4.98 Å². The summed E-state index contributed by atoms with van der Waals surface area (Å²) in [6.45, 7) is 5.07. The van der Waals surface area contributed by atoms with Gasteiger partial charge in [0.05, 0.1) is 25.5 Å². The van der Waals surface area contributed by atoms with Crippen LogP contribution in [-0.2, 0) is 4.79 Å². The van der Waals surface area contributed by atoms with E-state index >= 15 is 0 Å². The van der Waals surface area contributed by atoms with Crippen LogP contribution in [0.25, 0.3) is 0 Å². The lowest BCUT2D eigenvalue weighted by atomic mass is 10.5. The summed E-state index contributed by atoms with van der Waals surface area (Å²) >= 11 is 0. The van der Waals surface area contributed by atoms with Gasteiger partial charge in [-0.05, 0) is 13.8 Å². The fourth-order valence-electron chi connectivity index (χ4n) is 1.08. The van der Waals surface area contributed by atoms with Crippen molar-refractivity contribution in [1.29, 1.82) is 0 Å². The molecule has 0 aromatic carbocycles. The second kappa shape index (κ2) is 6.60. The predicted octanol–water partition coefficient (Wildman–Crippen LogP) is 0.423. The zero-order valence-electron chi connectivity index (χ0n) is 9.49. The molecule has 6 nitrogen and oxygen atoms in total. The molecule has 0 spiro atoms. The summed E-state index contributed by atoms with van der Waals surface area (Å²) in [4.78, 5) is 19.2. The number of aromatic nitrogens is 2. The second-order valence-electron chi connectivity index (χ2n) is 2.98. The second-order valence-corrected chi connectivity index (χ2v) is 2.98. The molecule has 0 saturated carbocycles. The molecule has 0 aliphatic carbocycles. The molecule has 0 aliphatic heterocycles. The van der Waals surface area contributed by atoms with E-state index in [1.807, 2.05) is 13.8 Å². The number of nitrogens with zero attached hydrogens (tertiary/aromatic N) is 2. The topological polar surface area (TPSA) is 76.1 Å². The van der Waals surface area contributed by atoms with E-state index in [1.165, 1.54) is 6.20 Å². The van der Waals surface area contributed by atoms with Crippen LogP contribution in [0.15, 0.2) is 12.4 Å². The number of anilines is 1. The fraction of sp³-hybridized carbons (Fsp3) is 0.500. The molecule has 6 heteroatoms. The Kier molecular flexibility index (Phi) is 5.04. The minimum absolute atomic E-state index is 0.0777. The summed E-state index contributed by atoms with van der Waals surface area (Å²) in [7, 11) is 0. The zero-order valence-corrected chi connectivity index (χ0v) is 9.49. The van der Waals surface area contributed by atoms with Gasteiger partial charge in [-0.25, -0.2) is 0 Å². The number of ether oxygens (including phenoxy) is 1. The molecule has 0 aliphatic rings. The summed E-state index contributed by atoms with van der Waals surface area (Å²) < 4.78 is 5.19. The van der Waals surface area contributed by atoms with Gasteiger partial charge in [-0.1, -0.05) is 0 Å². The van der Waals surface area contributed by atoms with Crippen LogP contribution in [0.1, 0.15) is 13.8 Å². The van der Waals surface area contributed by atoms with E-state index in [0.717, 1.165) is 0 Å². The Bertz CT molecular complexity index is 343. The third-order valence-corrected chi connectivity index (χ3v) is 1.71. The predicted molar refractivity (Wildman–Crippen MR) is 60.4 cm³/mol. The molecule has 1 rings (SSSR count). The van der Waals surface area contributed by atoms with E-state index in [-0.39, 0.29) is 12.5 Å². The molecule has 1 aromatic heterocycles. The van der Waals surface area contributed by atoms with Crippen molar-refractivity contribution in [3.8, 4) is 5.88 Å². The van der Waals surface area contributed by atoms with E-state index in [1.54, 1.807) is 6.20 Å². The van der Waals surface area contributed by atoms with E-state index in [4.69, 9.17) is 4.74 Å². The first-order chi connectivity index (χ1) is 7.76. The standard InChI is InChI=1S/C10H16N4O2/c1-3-12-9(15)6-13-8-5-11-7-10(14-8)16-4-2/h5,7H,3-4,6H2,1-2H3,(H,12,15)(H,13,14). The lowest BCUT2D eigenvalue weighted by Gasteiger charge is -2.06. The van der Waals surface area contributed by atoms with Crippen molar-refractivity contribution in [2.45, 2.75) is 13.8 Å². The maximum atomic E-state index is 11.2. The van der Waals surface area contributed by atoms with E-state index in [2.05, 4.69) is 20.6 Å². The van der Waals surface area contributed by atoms with Crippen molar-refractivity contribution in [3.05, 3.63) is 12.4 Å². The van der Waals surface area contributed by atoms with Crippen LogP contribution in [0, 0.1) is 0 Å². The van der Waals surface area contributed by atoms with Crippen LogP contribution >= 0.6 is 0 Å². The number of nitrogens with one attached hydrogen (secondary N) is 2. The maximum Gasteiger partial charge on any atom is 0.239 e. The monoisotopic (exact) mass is 224 g/mol. The van der Waals surface area contributed by atoms with Crippen LogP contribution in [0.3, 0.4) is 0 Å². The van der Waals surface area contributed by atoms with E-state index in [9.17, 15) is 4.79 Å². The van der Waals surface area contributed by atoms with Crippen LogP contribution < -0.4 is 15.4 Å². The zero-order chi connectivity index (χ0) is 11.8. The molecule has 1 aromatic rings. The van der Waals surface area contributed by atoms with Gasteiger partial charge in [-0.3, -0.25) is 9.78 Å². The van der Waals surface area contributed by atoms with Crippen LogP contribution in [0.5, 0.6) is 5.88 Å². The fourth-order valence-corrected chi connectivity index (χ4v) is 1.08. The third-order valence-electron chi connectivity index (χ3n) is 1.71. The quantitative estimate of drug-likeness (QED) is 0.732. The summed E-state index contributed by atoms with van der Waals surface area (Å²) in [5, 5.41) is 5.54. The molecule has 16 heavy (non-hydrogen) atoms. The summed E-state index contributed by atoms with van der Waals surface area (Å²) in [6, 6.07) is 0. The number of rotatable bonds is 6. The number of hydrogen-bond acceptors (Lipinski definition) is 5. The Morgan fingerprint density at radius 2 is 2.25 bits per heavy atom. The Labute approximate surface area is 94.4 Å². The van der Waals surface area contributed by atoms with Crippen LogP contribution in [0.2, 0.25) is 0 Å². The summed E-state index contributed by atoms with van der Waals surface area (Å²) in [6.07, 6.45) is 3.07. The molecule has 0 atom stereocenters. The smallest absolute Gasteiger partial charge is 0.239 e. The average Bonchev–Trinajstić information content (AvgIpc) is 2.28. The molecule has 0 saturated heterocycles. The molecule has 0 radical (unpaired) electrons. The molecular formula is C10H16N4O2. The first kappa shape index (κ1) is 12.2. The Hall–Kier alpha value is -1.85. The van der Waals surface area contributed by atoms with E-state index in [0.29, 0.717) is 24.8 Å². The Morgan fingerprint density at radius 1 is 1.44 bits per heavy atom. The number of hydrogen-bond donors (Lipinski definition) is 2. The van der Waals surface area contributed by atoms with Gasteiger partial charge in [-0.15, -0.1) is 0 Å². The largest absolute Gasteiger partial charge is 0.477 e. The van der Waals surface area contributed by atoms with Gasteiger partial charge in [0.2, 0.25) is 11.8 Å². The first-order valence-corrected chi connectivity index (χ1v) is 5.21.